The van der Waals surface area contributed by atoms with Gasteiger partial charge in [0.25, 0.3) is 5.91 Å². The van der Waals surface area contributed by atoms with E-state index in [1.165, 1.54) is 0 Å². The Hall–Kier alpha value is -3.61. The Bertz CT molecular complexity index is 1030. The van der Waals surface area contributed by atoms with Crippen LogP contribution in [-0.4, -0.2) is 31.3 Å². The van der Waals surface area contributed by atoms with Crippen LogP contribution in [-0.2, 0) is 6.54 Å². The molecule has 0 unspecified atom stereocenters. The van der Waals surface area contributed by atoms with Crippen LogP contribution >= 0.6 is 0 Å². The number of carbonyl (C=O) groups excluding carboxylic acids is 1. The zero-order valence-electron chi connectivity index (χ0n) is 13.2. The second-order valence-corrected chi connectivity index (χ2v) is 5.50. The molecule has 0 radical (unpaired) electrons. The highest BCUT2D eigenvalue weighted by atomic mass is 16.1. The van der Waals surface area contributed by atoms with E-state index in [1.54, 1.807) is 36.8 Å². The number of carbonyl (C=O) groups is 1. The standard InChI is InChI=1S/C18H14N6O/c25-18(13-3-4-15-17(9-13)23-24-22-15)21-10-12-5-7-20-16(8-12)14-2-1-6-19-11-14/h1-9,11H,10H2,(H,21,25)(H,22,23,24). The Balaban J connectivity index is 1.48. The summed E-state index contributed by atoms with van der Waals surface area (Å²) < 4.78 is 0. The average Bonchev–Trinajstić information content (AvgIpc) is 3.15. The van der Waals surface area contributed by atoms with Gasteiger partial charge in [-0.2, -0.15) is 15.4 Å². The van der Waals surface area contributed by atoms with Crippen molar-refractivity contribution in [1.82, 2.24) is 30.7 Å². The predicted octanol–water partition coefficient (Wildman–Crippen LogP) is 2.34. The number of hydrogen-bond acceptors (Lipinski definition) is 5. The van der Waals surface area contributed by atoms with E-state index in [2.05, 4.69) is 30.7 Å². The summed E-state index contributed by atoms with van der Waals surface area (Å²) in [7, 11) is 0. The van der Waals surface area contributed by atoms with Crippen LogP contribution in [0.3, 0.4) is 0 Å². The van der Waals surface area contributed by atoms with Crippen molar-refractivity contribution in [1.29, 1.82) is 0 Å². The summed E-state index contributed by atoms with van der Waals surface area (Å²) in [6.07, 6.45) is 5.21. The molecule has 4 aromatic rings. The van der Waals surface area contributed by atoms with Gasteiger partial charge in [-0.3, -0.25) is 14.8 Å². The van der Waals surface area contributed by atoms with Crippen LogP contribution in [0, 0.1) is 0 Å². The van der Waals surface area contributed by atoms with Gasteiger partial charge in [-0.05, 0) is 48.0 Å². The zero-order valence-corrected chi connectivity index (χ0v) is 13.2. The maximum Gasteiger partial charge on any atom is 0.251 e. The van der Waals surface area contributed by atoms with Gasteiger partial charge in [0.2, 0.25) is 0 Å². The number of aromatic nitrogens is 5. The average molecular weight is 330 g/mol. The molecule has 3 heterocycles. The first-order valence-electron chi connectivity index (χ1n) is 7.74. The maximum atomic E-state index is 12.3. The molecule has 7 nitrogen and oxygen atoms in total. The van der Waals surface area contributed by atoms with Gasteiger partial charge in [-0.1, -0.05) is 0 Å². The molecule has 2 N–H and O–H groups in total. The van der Waals surface area contributed by atoms with Gasteiger partial charge in [0, 0.05) is 36.3 Å². The number of hydrogen-bond donors (Lipinski definition) is 2. The molecule has 122 valence electrons. The summed E-state index contributed by atoms with van der Waals surface area (Å²) in [5, 5.41) is 13.4. The number of rotatable bonds is 4. The van der Waals surface area contributed by atoms with Crippen molar-refractivity contribution in [2.24, 2.45) is 0 Å². The topological polar surface area (TPSA) is 96.5 Å². The molecule has 0 bridgehead atoms. The smallest absolute Gasteiger partial charge is 0.251 e. The molecule has 0 atom stereocenters. The van der Waals surface area contributed by atoms with E-state index in [-0.39, 0.29) is 5.91 Å². The van der Waals surface area contributed by atoms with Gasteiger partial charge in [-0.15, -0.1) is 0 Å². The van der Waals surface area contributed by atoms with E-state index in [0.29, 0.717) is 17.6 Å². The third-order valence-electron chi connectivity index (χ3n) is 3.81. The minimum Gasteiger partial charge on any atom is -0.348 e. The lowest BCUT2D eigenvalue weighted by atomic mass is 10.1. The molecule has 25 heavy (non-hydrogen) atoms. The number of H-pyrrole nitrogens is 1. The molecule has 0 fully saturated rings. The maximum absolute atomic E-state index is 12.3. The number of fused-ring (bicyclic) bond motifs is 1. The monoisotopic (exact) mass is 330 g/mol. The first kappa shape index (κ1) is 14.9. The van der Waals surface area contributed by atoms with Crippen LogP contribution in [0.15, 0.2) is 61.1 Å². The second kappa shape index (κ2) is 6.48. The van der Waals surface area contributed by atoms with Crippen LogP contribution in [0.4, 0.5) is 0 Å². The van der Waals surface area contributed by atoms with E-state index in [4.69, 9.17) is 0 Å². The Labute approximate surface area is 143 Å². The Morgan fingerprint density at radius 2 is 1.96 bits per heavy atom. The van der Waals surface area contributed by atoms with Crippen molar-refractivity contribution in [3.63, 3.8) is 0 Å². The quantitative estimate of drug-likeness (QED) is 0.599. The van der Waals surface area contributed by atoms with E-state index in [0.717, 1.165) is 22.3 Å². The minimum absolute atomic E-state index is 0.162. The van der Waals surface area contributed by atoms with Crippen LogP contribution < -0.4 is 5.32 Å². The van der Waals surface area contributed by atoms with Crippen LogP contribution in [0.25, 0.3) is 22.3 Å². The third kappa shape index (κ3) is 3.20. The summed E-state index contributed by atoms with van der Waals surface area (Å²) in [6, 6.07) is 12.8. The first-order valence-corrected chi connectivity index (χ1v) is 7.74. The van der Waals surface area contributed by atoms with Crippen LogP contribution in [0.1, 0.15) is 15.9 Å². The fraction of sp³-hybridized carbons (Fsp3) is 0.0556. The summed E-state index contributed by atoms with van der Waals surface area (Å²) in [4.78, 5) is 20.8. The number of benzene rings is 1. The van der Waals surface area contributed by atoms with Crippen molar-refractivity contribution in [3.8, 4) is 11.3 Å². The second-order valence-electron chi connectivity index (χ2n) is 5.50. The molecule has 1 aromatic carbocycles. The molecule has 4 rings (SSSR count). The zero-order chi connectivity index (χ0) is 17.1. The normalized spacial score (nSPS) is 10.7. The van der Waals surface area contributed by atoms with E-state index in [1.807, 2.05) is 24.3 Å². The van der Waals surface area contributed by atoms with E-state index < -0.39 is 0 Å². The lowest BCUT2D eigenvalue weighted by molar-refractivity contribution is 0.0951. The van der Waals surface area contributed by atoms with Crippen molar-refractivity contribution in [3.05, 3.63) is 72.2 Å². The van der Waals surface area contributed by atoms with Gasteiger partial charge in [0.05, 0.1) is 5.69 Å². The summed E-state index contributed by atoms with van der Waals surface area (Å²) >= 11 is 0. The van der Waals surface area contributed by atoms with Crippen LogP contribution in [0.5, 0.6) is 0 Å². The van der Waals surface area contributed by atoms with Crippen LogP contribution in [0.2, 0.25) is 0 Å². The molecule has 3 aromatic heterocycles. The highest BCUT2D eigenvalue weighted by Gasteiger charge is 2.08. The number of pyridine rings is 2. The van der Waals surface area contributed by atoms with E-state index >= 15 is 0 Å². The van der Waals surface area contributed by atoms with Crippen molar-refractivity contribution in [2.45, 2.75) is 6.54 Å². The molecule has 0 aliphatic heterocycles. The number of amides is 1. The number of aromatic amines is 1. The Kier molecular flexibility index (Phi) is 3.88. The van der Waals surface area contributed by atoms with Crippen molar-refractivity contribution < 1.29 is 4.79 Å². The first-order chi connectivity index (χ1) is 12.3. The predicted molar refractivity (Wildman–Crippen MR) is 92.5 cm³/mol. The highest BCUT2D eigenvalue weighted by Crippen LogP contribution is 2.16. The molecular formula is C18H14N6O. The highest BCUT2D eigenvalue weighted by molar-refractivity contribution is 5.97. The molecule has 0 saturated carbocycles. The largest absolute Gasteiger partial charge is 0.348 e. The summed E-state index contributed by atoms with van der Waals surface area (Å²) in [6.45, 7) is 0.408. The minimum atomic E-state index is -0.162. The molecule has 0 aliphatic carbocycles. The molecular weight excluding hydrogens is 316 g/mol. The van der Waals surface area contributed by atoms with Gasteiger partial charge >= 0.3 is 0 Å². The SMILES string of the molecule is O=C(NCc1ccnc(-c2cccnc2)c1)c1ccc2n[nH]nc2c1. The molecule has 0 aliphatic rings. The van der Waals surface area contributed by atoms with Gasteiger partial charge < -0.3 is 5.32 Å². The van der Waals surface area contributed by atoms with Gasteiger partial charge in [0.1, 0.15) is 11.0 Å². The molecule has 1 amide bonds. The lowest BCUT2D eigenvalue weighted by Gasteiger charge is -2.07. The van der Waals surface area contributed by atoms with Gasteiger partial charge in [-0.25, -0.2) is 0 Å². The summed E-state index contributed by atoms with van der Waals surface area (Å²) in [5.41, 5.74) is 4.66. The Morgan fingerprint density at radius 1 is 1.04 bits per heavy atom. The number of nitrogens with one attached hydrogen (secondary N) is 2. The fourth-order valence-corrected chi connectivity index (χ4v) is 2.52. The van der Waals surface area contributed by atoms with Crippen molar-refractivity contribution >= 4 is 16.9 Å². The third-order valence-corrected chi connectivity index (χ3v) is 3.81. The summed E-state index contributed by atoms with van der Waals surface area (Å²) in [5.74, 6) is -0.162. The number of nitrogens with zero attached hydrogens (tertiary/aromatic N) is 4. The van der Waals surface area contributed by atoms with Gasteiger partial charge in [0.15, 0.2) is 0 Å². The molecule has 0 spiro atoms. The van der Waals surface area contributed by atoms with Crippen molar-refractivity contribution in [2.75, 3.05) is 0 Å². The Morgan fingerprint density at radius 3 is 2.84 bits per heavy atom. The molecule has 7 heteroatoms. The fourth-order valence-electron chi connectivity index (χ4n) is 2.52. The lowest BCUT2D eigenvalue weighted by Crippen LogP contribution is -2.22. The molecule has 0 saturated heterocycles. The van der Waals surface area contributed by atoms with E-state index in [9.17, 15) is 4.79 Å².